The molecule has 0 bridgehead atoms. The summed E-state index contributed by atoms with van der Waals surface area (Å²) in [6.45, 7) is 0. The van der Waals surface area contributed by atoms with Gasteiger partial charge in [0.05, 0.1) is 0 Å². The molecule has 0 aromatic heterocycles. The van der Waals surface area contributed by atoms with E-state index in [2.05, 4.69) is 0 Å². The van der Waals surface area contributed by atoms with Crippen LogP contribution < -0.4 is 0 Å². The molecule has 1 heteroatoms. The number of carbonyl (C=O) groups is 1. The van der Waals surface area contributed by atoms with E-state index in [1.54, 1.807) is 0 Å². The summed E-state index contributed by atoms with van der Waals surface area (Å²) in [6, 6.07) is 0. The molecule has 0 spiro atoms. The highest BCUT2D eigenvalue weighted by molar-refractivity contribution is 5.78. The molecule has 1 fully saturated rings. The first-order valence-corrected chi connectivity index (χ1v) is 16.9. The van der Waals surface area contributed by atoms with Crippen molar-refractivity contribution in [2.45, 2.75) is 212 Å². The molecule has 1 saturated carbocycles. The Morgan fingerprint density at radius 2 is 0.314 bits per heavy atom. The number of hydrogen-bond donors (Lipinski definition) is 0. The Balaban J connectivity index is 2.06. The molecule has 0 radical (unpaired) electrons. The summed E-state index contributed by atoms with van der Waals surface area (Å²) in [7, 11) is 0. The van der Waals surface area contributed by atoms with Crippen molar-refractivity contribution < 1.29 is 4.79 Å². The van der Waals surface area contributed by atoms with E-state index in [4.69, 9.17) is 0 Å². The highest BCUT2D eigenvalue weighted by Crippen LogP contribution is 2.17. The number of Topliss-reactive ketones (excluding diaryl/α,β-unsaturated/α-hetero) is 1. The van der Waals surface area contributed by atoms with Crippen LogP contribution in [0, 0.1) is 0 Å². The molecule has 0 N–H and O–H groups in total. The van der Waals surface area contributed by atoms with Crippen LogP contribution in [0.1, 0.15) is 212 Å². The number of hydrogen-bond acceptors (Lipinski definition) is 1. The van der Waals surface area contributed by atoms with E-state index in [-0.39, 0.29) is 0 Å². The summed E-state index contributed by atoms with van der Waals surface area (Å²) in [6.07, 6.45) is 45.5. The van der Waals surface area contributed by atoms with Crippen LogP contribution in [0.5, 0.6) is 0 Å². The molecule has 1 rings (SSSR count). The van der Waals surface area contributed by atoms with Crippen molar-refractivity contribution in [3.63, 3.8) is 0 Å². The summed E-state index contributed by atoms with van der Waals surface area (Å²) in [5.41, 5.74) is 0. The number of ketones is 1. The predicted octanol–water partition coefficient (Wildman–Crippen LogP) is 12.4. The molecule has 0 saturated heterocycles. The minimum absolute atomic E-state index is 0.530. The predicted molar refractivity (Wildman–Crippen MR) is 157 cm³/mol. The summed E-state index contributed by atoms with van der Waals surface area (Å²) >= 11 is 0. The second-order valence-corrected chi connectivity index (χ2v) is 12.0. The van der Waals surface area contributed by atoms with Crippen LogP contribution in [0.4, 0.5) is 0 Å². The van der Waals surface area contributed by atoms with Crippen molar-refractivity contribution in [1.82, 2.24) is 0 Å². The quantitative estimate of drug-likeness (QED) is 0.330. The molecule has 0 aromatic carbocycles. The van der Waals surface area contributed by atoms with Gasteiger partial charge in [0.2, 0.25) is 0 Å². The third-order valence-corrected chi connectivity index (χ3v) is 8.41. The summed E-state index contributed by atoms with van der Waals surface area (Å²) in [4.78, 5) is 12.1. The molecule has 1 nitrogen and oxygen atoms in total. The normalized spacial score (nSPS) is 23.7. The molecule has 0 amide bonds. The molecular formula is C34H66O. The third kappa shape index (κ3) is 26.5. The van der Waals surface area contributed by atoms with Crippen LogP contribution in [0.3, 0.4) is 0 Å². The van der Waals surface area contributed by atoms with Crippen LogP contribution in [-0.2, 0) is 4.79 Å². The lowest BCUT2D eigenvalue weighted by Crippen LogP contribution is -1.97. The SMILES string of the molecule is O=C1CCCCCCCCCCCCCCCCCCCCCCCCCCCCCCCCC1. The molecule has 0 heterocycles. The van der Waals surface area contributed by atoms with E-state index in [0.29, 0.717) is 5.78 Å². The number of carbonyl (C=O) groups excluding carboxylic acids is 1. The standard InChI is InChI=1S/C34H66O/c35-34-32-30-28-26-24-22-20-18-16-14-12-10-8-6-4-2-1-3-5-7-9-11-13-15-17-19-21-23-25-27-29-31-33-34/h1-33H2. The molecule has 1 aliphatic carbocycles. The Kier molecular flexibility index (Phi) is 26.4. The highest BCUT2D eigenvalue weighted by atomic mass is 16.1. The lowest BCUT2D eigenvalue weighted by Gasteiger charge is -2.05. The van der Waals surface area contributed by atoms with Crippen molar-refractivity contribution in [1.29, 1.82) is 0 Å². The van der Waals surface area contributed by atoms with Gasteiger partial charge < -0.3 is 0 Å². The Labute approximate surface area is 222 Å². The Morgan fingerprint density at radius 1 is 0.200 bits per heavy atom. The maximum atomic E-state index is 12.1. The van der Waals surface area contributed by atoms with Crippen molar-refractivity contribution in [3.8, 4) is 0 Å². The van der Waals surface area contributed by atoms with E-state index in [9.17, 15) is 4.79 Å². The lowest BCUT2D eigenvalue weighted by molar-refractivity contribution is -0.119. The van der Waals surface area contributed by atoms with E-state index in [1.807, 2.05) is 0 Å². The average Bonchev–Trinajstić information content (AvgIpc) is 2.86. The monoisotopic (exact) mass is 491 g/mol. The van der Waals surface area contributed by atoms with Gasteiger partial charge in [-0.15, -0.1) is 0 Å². The second kappa shape index (κ2) is 28.2. The van der Waals surface area contributed by atoms with E-state index >= 15 is 0 Å². The fraction of sp³-hybridized carbons (Fsp3) is 0.971. The molecule has 208 valence electrons. The van der Waals surface area contributed by atoms with Crippen LogP contribution in [0.25, 0.3) is 0 Å². The number of rotatable bonds is 0. The van der Waals surface area contributed by atoms with Crippen molar-refractivity contribution in [2.75, 3.05) is 0 Å². The van der Waals surface area contributed by atoms with E-state index in [1.165, 1.54) is 186 Å². The van der Waals surface area contributed by atoms with Gasteiger partial charge in [-0.25, -0.2) is 0 Å². The van der Waals surface area contributed by atoms with Crippen molar-refractivity contribution in [3.05, 3.63) is 0 Å². The van der Waals surface area contributed by atoms with Crippen LogP contribution in [0.2, 0.25) is 0 Å². The van der Waals surface area contributed by atoms with E-state index < -0.39 is 0 Å². The smallest absolute Gasteiger partial charge is 0.132 e. The van der Waals surface area contributed by atoms with Crippen LogP contribution in [0.15, 0.2) is 0 Å². The molecule has 0 atom stereocenters. The van der Waals surface area contributed by atoms with Gasteiger partial charge in [0.1, 0.15) is 5.78 Å². The van der Waals surface area contributed by atoms with Crippen molar-refractivity contribution in [2.24, 2.45) is 0 Å². The molecule has 35 heavy (non-hydrogen) atoms. The first kappa shape index (κ1) is 32.7. The molecule has 0 unspecified atom stereocenters. The Bertz CT molecular complexity index is 379. The van der Waals surface area contributed by atoms with Gasteiger partial charge in [0, 0.05) is 12.8 Å². The van der Waals surface area contributed by atoms with Gasteiger partial charge in [0.15, 0.2) is 0 Å². The molecule has 0 aromatic rings. The third-order valence-electron chi connectivity index (χ3n) is 8.41. The van der Waals surface area contributed by atoms with Crippen LogP contribution >= 0.6 is 0 Å². The summed E-state index contributed by atoms with van der Waals surface area (Å²) in [5, 5.41) is 0. The minimum atomic E-state index is 0.530. The van der Waals surface area contributed by atoms with Crippen LogP contribution in [-0.4, -0.2) is 5.78 Å². The maximum Gasteiger partial charge on any atom is 0.132 e. The van der Waals surface area contributed by atoms with Gasteiger partial charge in [0.25, 0.3) is 0 Å². The average molecular weight is 491 g/mol. The van der Waals surface area contributed by atoms with E-state index in [0.717, 1.165) is 25.7 Å². The van der Waals surface area contributed by atoms with Crippen molar-refractivity contribution >= 4 is 5.78 Å². The summed E-state index contributed by atoms with van der Waals surface area (Å²) in [5.74, 6) is 0.530. The topological polar surface area (TPSA) is 17.1 Å². The lowest BCUT2D eigenvalue weighted by atomic mass is 10.0. The fourth-order valence-corrected chi connectivity index (χ4v) is 5.90. The zero-order valence-electron chi connectivity index (χ0n) is 24.2. The first-order valence-electron chi connectivity index (χ1n) is 16.9. The molecule has 0 aliphatic heterocycles. The van der Waals surface area contributed by atoms with Gasteiger partial charge >= 0.3 is 0 Å². The zero-order valence-corrected chi connectivity index (χ0v) is 24.2. The van der Waals surface area contributed by atoms with Gasteiger partial charge in [-0.1, -0.05) is 186 Å². The van der Waals surface area contributed by atoms with Gasteiger partial charge in [-0.05, 0) is 12.8 Å². The molecular weight excluding hydrogens is 424 g/mol. The Hall–Kier alpha value is -0.330. The second-order valence-electron chi connectivity index (χ2n) is 12.0. The highest BCUT2D eigenvalue weighted by Gasteiger charge is 2.02. The minimum Gasteiger partial charge on any atom is -0.300 e. The maximum absolute atomic E-state index is 12.1. The first-order chi connectivity index (χ1) is 17.4. The Morgan fingerprint density at radius 3 is 0.457 bits per heavy atom. The fourth-order valence-electron chi connectivity index (χ4n) is 5.90. The largest absolute Gasteiger partial charge is 0.300 e. The molecule has 1 aliphatic rings. The van der Waals surface area contributed by atoms with Gasteiger partial charge in [-0.2, -0.15) is 0 Å². The zero-order chi connectivity index (χ0) is 24.9. The van der Waals surface area contributed by atoms with Gasteiger partial charge in [-0.3, -0.25) is 4.79 Å². The summed E-state index contributed by atoms with van der Waals surface area (Å²) < 4.78 is 0.